The molecule has 0 aromatic heterocycles. The van der Waals surface area contributed by atoms with E-state index in [1.165, 1.54) is 0 Å². The number of anilines is 2. The summed E-state index contributed by atoms with van der Waals surface area (Å²) in [7, 11) is 0. The Labute approximate surface area is 126 Å². The molecule has 0 aliphatic heterocycles. The normalized spacial score (nSPS) is 10.2. The van der Waals surface area contributed by atoms with Crippen molar-refractivity contribution in [1.82, 2.24) is 0 Å². The van der Waals surface area contributed by atoms with Crippen molar-refractivity contribution in [3.63, 3.8) is 0 Å². The lowest BCUT2D eigenvalue weighted by atomic mass is 10.1. The highest BCUT2D eigenvalue weighted by molar-refractivity contribution is 9.10. The number of aryl methyl sites for hydroxylation is 2. The molecule has 4 nitrogen and oxygen atoms in total. The van der Waals surface area contributed by atoms with Gasteiger partial charge in [0.1, 0.15) is 0 Å². The summed E-state index contributed by atoms with van der Waals surface area (Å²) in [5.41, 5.74) is 6.68. The molecule has 0 atom stereocenters. The van der Waals surface area contributed by atoms with E-state index in [9.17, 15) is 4.79 Å². The standard InChI is InChI=1S/C15H16BrN3O/c1-9-7-12(19-17)3-5-13(9)15(20)18-11-4-6-14(16)10(2)8-11/h3-8,19H,17H2,1-2H3,(H,18,20). The first-order valence-corrected chi connectivity index (χ1v) is 6.95. The third-order valence-electron chi connectivity index (χ3n) is 3.05. The van der Waals surface area contributed by atoms with E-state index in [2.05, 4.69) is 26.7 Å². The second-order valence-corrected chi connectivity index (χ2v) is 5.45. The van der Waals surface area contributed by atoms with Crippen LogP contribution in [0.15, 0.2) is 40.9 Å². The molecule has 2 aromatic rings. The Morgan fingerprint density at radius 2 is 1.70 bits per heavy atom. The van der Waals surface area contributed by atoms with Crippen LogP contribution in [0.2, 0.25) is 0 Å². The fraction of sp³-hybridized carbons (Fsp3) is 0.133. The minimum absolute atomic E-state index is 0.132. The largest absolute Gasteiger partial charge is 0.324 e. The zero-order valence-corrected chi connectivity index (χ0v) is 12.9. The molecule has 0 saturated heterocycles. The molecular weight excluding hydrogens is 318 g/mol. The first kappa shape index (κ1) is 14.6. The molecule has 1 amide bonds. The maximum atomic E-state index is 12.3. The Balaban J connectivity index is 2.21. The SMILES string of the molecule is Cc1cc(NC(=O)c2ccc(NN)cc2C)ccc1Br. The first-order valence-electron chi connectivity index (χ1n) is 6.16. The average molecular weight is 334 g/mol. The lowest BCUT2D eigenvalue weighted by molar-refractivity contribution is 0.102. The third-order valence-corrected chi connectivity index (χ3v) is 3.94. The molecule has 0 heterocycles. The molecule has 0 radical (unpaired) electrons. The van der Waals surface area contributed by atoms with Crippen LogP contribution in [0.1, 0.15) is 21.5 Å². The summed E-state index contributed by atoms with van der Waals surface area (Å²) < 4.78 is 1.02. The number of hydrazine groups is 1. The van der Waals surface area contributed by atoms with Gasteiger partial charge in [-0.15, -0.1) is 0 Å². The molecule has 0 aliphatic rings. The van der Waals surface area contributed by atoms with Crippen LogP contribution in [0.3, 0.4) is 0 Å². The summed E-state index contributed by atoms with van der Waals surface area (Å²) in [6, 6.07) is 11.1. The van der Waals surface area contributed by atoms with E-state index in [0.29, 0.717) is 5.56 Å². The van der Waals surface area contributed by atoms with E-state index in [1.54, 1.807) is 12.1 Å². The Bertz CT molecular complexity index is 656. The van der Waals surface area contributed by atoms with Crippen molar-refractivity contribution in [1.29, 1.82) is 0 Å². The number of halogens is 1. The van der Waals surface area contributed by atoms with E-state index in [-0.39, 0.29) is 5.91 Å². The van der Waals surface area contributed by atoms with Gasteiger partial charge in [-0.05, 0) is 61.4 Å². The number of hydrogen-bond acceptors (Lipinski definition) is 3. The maximum Gasteiger partial charge on any atom is 0.255 e. The molecule has 0 aliphatic carbocycles. The van der Waals surface area contributed by atoms with Crippen molar-refractivity contribution >= 4 is 33.2 Å². The van der Waals surface area contributed by atoms with Gasteiger partial charge in [-0.3, -0.25) is 10.6 Å². The Morgan fingerprint density at radius 3 is 2.30 bits per heavy atom. The molecule has 0 fully saturated rings. The van der Waals surface area contributed by atoms with E-state index in [1.807, 2.05) is 38.1 Å². The average Bonchev–Trinajstić information content (AvgIpc) is 2.42. The fourth-order valence-corrected chi connectivity index (χ4v) is 2.18. The van der Waals surface area contributed by atoms with Gasteiger partial charge in [0.05, 0.1) is 0 Å². The molecule has 0 bridgehead atoms. The van der Waals surface area contributed by atoms with Crippen molar-refractivity contribution in [2.24, 2.45) is 5.84 Å². The van der Waals surface area contributed by atoms with Crippen LogP contribution < -0.4 is 16.6 Å². The van der Waals surface area contributed by atoms with E-state index in [0.717, 1.165) is 27.0 Å². The number of nitrogens with two attached hydrogens (primary N) is 1. The smallest absolute Gasteiger partial charge is 0.255 e. The maximum absolute atomic E-state index is 12.3. The van der Waals surface area contributed by atoms with Gasteiger partial charge in [0.25, 0.3) is 5.91 Å². The number of nitrogens with one attached hydrogen (secondary N) is 2. The van der Waals surface area contributed by atoms with Crippen LogP contribution in [0.4, 0.5) is 11.4 Å². The van der Waals surface area contributed by atoms with Gasteiger partial charge < -0.3 is 10.7 Å². The van der Waals surface area contributed by atoms with Gasteiger partial charge in [0.15, 0.2) is 0 Å². The van der Waals surface area contributed by atoms with Crippen molar-refractivity contribution in [2.45, 2.75) is 13.8 Å². The van der Waals surface area contributed by atoms with E-state index >= 15 is 0 Å². The van der Waals surface area contributed by atoms with Crippen molar-refractivity contribution < 1.29 is 4.79 Å². The number of amides is 1. The molecule has 0 spiro atoms. The second-order valence-electron chi connectivity index (χ2n) is 4.59. The van der Waals surface area contributed by atoms with Gasteiger partial charge in [0.2, 0.25) is 0 Å². The van der Waals surface area contributed by atoms with Crippen molar-refractivity contribution in [3.05, 3.63) is 57.6 Å². The highest BCUT2D eigenvalue weighted by Gasteiger charge is 2.10. The Kier molecular flexibility index (Phi) is 4.42. The first-order chi connectivity index (χ1) is 9.51. The highest BCUT2D eigenvalue weighted by atomic mass is 79.9. The molecule has 2 rings (SSSR count). The molecule has 5 heteroatoms. The summed E-state index contributed by atoms with van der Waals surface area (Å²) in [4.78, 5) is 12.3. The van der Waals surface area contributed by atoms with Gasteiger partial charge in [-0.25, -0.2) is 0 Å². The van der Waals surface area contributed by atoms with Gasteiger partial charge in [-0.1, -0.05) is 15.9 Å². The second kappa shape index (κ2) is 6.07. The molecule has 20 heavy (non-hydrogen) atoms. The predicted molar refractivity (Wildman–Crippen MR) is 85.8 cm³/mol. The van der Waals surface area contributed by atoms with E-state index in [4.69, 9.17) is 5.84 Å². The van der Waals surface area contributed by atoms with Crippen LogP contribution in [0, 0.1) is 13.8 Å². The molecule has 104 valence electrons. The van der Waals surface area contributed by atoms with Gasteiger partial charge in [0, 0.05) is 21.4 Å². The number of benzene rings is 2. The summed E-state index contributed by atoms with van der Waals surface area (Å²) in [6.07, 6.45) is 0. The van der Waals surface area contributed by atoms with Crippen LogP contribution >= 0.6 is 15.9 Å². The summed E-state index contributed by atoms with van der Waals surface area (Å²) >= 11 is 3.44. The summed E-state index contributed by atoms with van der Waals surface area (Å²) in [5, 5.41) is 2.89. The van der Waals surface area contributed by atoms with E-state index < -0.39 is 0 Å². The third kappa shape index (κ3) is 3.18. The monoisotopic (exact) mass is 333 g/mol. The topological polar surface area (TPSA) is 67.2 Å². The lowest BCUT2D eigenvalue weighted by Gasteiger charge is -2.10. The summed E-state index contributed by atoms with van der Waals surface area (Å²) in [6.45, 7) is 3.86. The van der Waals surface area contributed by atoms with Crippen LogP contribution in [-0.4, -0.2) is 5.91 Å². The fourth-order valence-electron chi connectivity index (χ4n) is 1.93. The minimum Gasteiger partial charge on any atom is -0.324 e. The molecule has 4 N–H and O–H groups in total. The Morgan fingerprint density at radius 1 is 1.05 bits per heavy atom. The Hall–Kier alpha value is -1.85. The zero-order chi connectivity index (χ0) is 14.7. The van der Waals surface area contributed by atoms with Crippen molar-refractivity contribution in [3.8, 4) is 0 Å². The highest BCUT2D eigenvalue weighted by Crippen LogP contribution is 2.21. The van der Waals surface area contributed by atoms with Gasteiger partial charge >= 0.3 is 0 Å². The minimum atomic E-state index is -0.132. The summed E-state index contributed by atoms with van der Waals surface area (Å²) in [5.74, 6) is 5.21. The van der Waals surface area contributed by atoms with Crippen molar-refractivity contribution in [2.75, 3.05) is 10.7 Å². The van der Waals surface area contributed by atoms with Crippen LogP contribution in [0.25, 0.3) is 0 Å². The number of hydrogen-bond donors (Lipinski definition) is 3. The lowest BCUT2D eigenvalue weighted by Crippen LogP contribution is -2.14. The molecule has 0 saturated carbocycles. The zero-order valence-electron chi connectivity index (χ0n) is 11.3. The molecule has 2 aromatic carbocycles. The van der Waals surface area contributed by atoms with Gasteiger partial charge in [-0.2, -0.15) is 0 Å². The van der Waals surface area contributed by atoms with Crippen LogP contribution in [0.5, 0.6) is 0 Å². The number of carbonyl (C=O) groups is 1. The number of rotatable bonds is 3. The quantitative estimate of drug-likeness (QED) is 0.593. The number of nitrogen functional groups attached to an aromatic ring is 1. The van der Waals surface area contributed by atoms with Crippen LogP contribution in [-0.2, 0) is 0 Å². The molecular formula is C15H16BrN3O. The number of carbonyl (C=O) groups excluding carboxylic acids is 1. The molecule has 0 unspecified atom stereocenters. The predicted octanol–water partition coefficient (Wildman–Crippen LogP) is 3.60.